The van der Waals surface area contributed by atoms with E-state index >= 15 is 0 Å². The highest BCUT2D eigenvalue weighted by atomic mass is 32.1. The van der Waals surface area contributed by atoms with Crippen molar-refractivity contribution < 1.29 is 9.53 Å². The standard InChI is InChI=1S/C11H16O2S/c1-9(2)5-6-13-11(12)8-10-4-3-7-14-10/h3-4,7,9H,5-6,8H2,1-2H3. The van der Waals surface area contributed by atoms with Crippen LogP contribution in [0.5, 0.6) is 0 Å². The van der Waals surface area contributed by atoms with Crippen LogP contribution in [0, 0.1) is 5.92 Å². The maximum absolute atomic E-state index is 11.3. The van der Waals surface area contributed by atoms with Gasteiger partial charge >= 0.3 is 5.97 Å². The molecule has 0 bridgehead atoms. The van der Waals surface area contributed by atoms with Gasteiger partial charge in [-0.2, -0.15) is 0 Å². The van der Waals surface area contributed by atoms with E-state index in [1.165, 1.54) is 0 Å². The lowest BCUT2D eigenvalue weighted by atomic mass is 10.1. The molecule has 0 radical (unpaired) electrons. The van der Waals surface area contributed by atoms with Gasteiger partial charge in [-0.15, -0.1) is 11.3 Å². The molecule has 0 amide bonds. The Labute approximate surface area is 88.9 Å². The molecule has 1 rings (SSSR count). The molecule has 1 heterocycles. The molecule has 0 aliphatic rings. The van der Waals surface area contributed by atoms with Gasteiger partial charge in [-0.25, -0.2) is 0 Å². The third kappa shape index (κ3) is 4.42. The van der Waals surface area contributed by atoms with Crippen molar-refractivity contribution in [1.29, 1.82) is 0 Å². The first-order valence-electron chi connectivity index (χ1n) is 4.86. The van der Waals surface area contributed by atoms with Gasteiger partial charge in [-0.05, 0) is 23.8 Å². The topological polar surface area (TPSA) is 26.3 Å². The second-order valence-electron chi connectivity index (χ2n) is 3.66. The number of carbonyl (C=O) groups excluding carboxylic acids is 1. The maximum Gasteiger partial charge on any atom is 0.311 e. The van der Waals surface area contributed by atoms with Crippen molar-refractivity contribution in [3.8, 4) is 0 Å². The van der Waals surface area contributed by atoms with Gasteiger partial charge in [0.1, 0.15) is 0 Å². The summed E-state index contributed by atoms with van der Waals surface area (Å²) in [7, 11) is 0. The van der Waals surface area contributed by atoms with Crippen LogP contribution in [0.1, 0.15) is 25.1 Å². The van der Waals surface area contributed by atoms with E-state index < -0.39 is 0 Å². The lowest BCUT2D eigenvalue weighted by molar-refractivity contribution is -0.143. The second kappa shape index (κ2) is 5.81. The minimum absolute atomic E-state index is 0.117. The van der Waals surface area contributed by atoms with Crippen molar-refractivity contribution in [1.82, 2.24) is 0 Å². The molecule has 0 aliphatic heterocycles. The zero-order valence-electron chi connectivity index (χ0n) is 8.66. The van der Waals surface area contributed by atoms with Crippen LogP contribution >= 0.6 is 11.3 Å². The van der Waals surface area contributed by atoms with E-state index in [4.69, 9.17) is 4.74 Å². The lowest BCUT2D eigenvalue weighted by Crippen LogP contribution is -2.09. The smallest absolute Gasteiger partial charge is 0.311 e. The first-order valence-corrected chi connectivity index (χ1v) is 5.74. The van der Waals surface area contributed by atoms with Crippen LogP contribution in [-0.2, 0) is 16.0 Å². The summed E-state index contributed by atoms with van der Waals surface area (Å²) < 4.78 is 5.09. The zero-order valence-corrected chi connectivity index (χ0v) is 9.47. The number of thiophene rings is 1. The summed E-state index contributed by atoms with van der Waals surface area (Å²) in [6, 6.07) is 3.90. The molecule has 14 heavy (non-hydrogen) atoms. The van der Waals surface area contributed by atoms with Gasteiger partial charge in [0, 0.05) is 4.88 Å². The van der Waals surface area contributed by atoms with Gasteiger partial charge in [0.25, 0.3) is 0 Å². The first kappa shape index (κ1) is 11.2. The predicted molar refractivity (Wildman–Crippen MR) is 58.4 cm³/mol. The molecule has 78 valence electrons. The van der Waals surface area contributed by atoms with E-state index in [0.29, 0.717) is 18.9 Å². The van der Waals surface area contributed by atoms with Crippen molar-refractivity contribution in [2.24, 2.45) is 5.92 Å². The second-order valence-corrected chi connectivity index (χ2v) is 4.69. The lowest BCUT2D eigenvalue weighted by Gasteiger charge is -2.05. The number of esters is 1. The molecule has 0 unspecified atom stereocenters. The fourth-order valence-electron chi connectivity index (χ4n) is 1.01. The molecular weight excluding hydrogens is 196 g/mol. The quantitative estimate of drug-likeness (QED) is 0.701. The average Bonchev–Trinajstić information content (AvgIpc) is 2.56. The molecule has 0 aromatic carbocycles. The SMILES string of the molecule is CC(C)CCOC(=O)Cc1cccs1. The number of hydrogen-bond donors (Lipinski definition) is 0. The first-order chi connectivity index (χ1) is 6.68. The summed E-state index contributed by atoms with van der Waals surface area (Å²) in [5.74, 6) is 0.470. The molecule has 1 aromatic heterocycles. The fraction of sp³-hybridized carbons (Fsp3) is 0.545. The molecule has 3 heteroatoms. The molecule has 0 aliphatic carbocycles. The van der Waals surface area contributed by atoms with Crippen molar-refractivity contribution in [2.45, 2.75) is 26.7 Å². The molecule has 0 atom stereocenters. The molecule has 2 nitrogen and oxygen atoms in total. The van der Waals surface area contributed by atoms with Crippen molar-refractivity contribution >= 4 is 17.3 Å². The largest absolute Gasteiger partial charge is 0.465 e. The molecule has 1 aromatic rings. The number of rotatable bonds is 5. The van der Waals surface area contributed by atoms with E-state index in [-0.39, 0.29) is 5.97 Å². The van der Waals surface area contributed by atoms with Crippen LogP contribution in [0.2, 0.25) is 0 Å². The van der Waals surface area contributed by atoms with Gasteiger partial charge in [-0.1, -0.05) is 19.9 Å². The summed E-state index contributed by atoms with van der Waals surface area (Å²) >= 11 is 1.59. The normalized spacial score (nSPS) is 10.5. The number of ether oxygens (including phenoxy) is 1. The average molecular weight is 212 g/mol. The molecule has 0 fully saturated rings. The summed E-state index contributed by atoms with van der Waals surface area (Å²) in [6.07, 6.45) is 1.35. The third-order valence-corrected chi connectivity index (χ3v) is 2.73. The Kier molecular flexibility index (Phi) is 4.66. The highest BCUT2D eigenvalue weighted by molar-refractivity contribution is 7.10. The van der Waals surface area contributed by atoms with Gasteiger partial charge in [-0.3, -0.25) is 4.79 Å². The summed E-state index contributed by atoms with van der Waals surface area (Å²) in [5, 5.41) is 1.97. The van der Waals surface area contributed by atoms with E-state index in [9.17, 15) is 4.79 Å². The summed E-state index contributed by atoms with van der Waals surface area (Å²) in [5.41, 5.74) is 0. The Morgan fingerprint density at radius 3 is 2.93 bits per heavy atom. The molecule has 0 saturated carbocycles. The maximum atomic E-state index is 11.3. The Bertz CT molecular complexity index is 265. The van der Waals surface area contributed by atoms with Crippen LogP contribution in [0.4, 0.5) is 0 Å². The van der Waals surface area contributed by atoms with Gasteiger partial charge in [0.2, 0.25) is 0 Å². The van der Waals surface area contributed by atoms with Gasteiger partial charge in [0.15, 0.2) is 0 Å². The van der Waals surface area contributed by atoms with E-state index in [1.54, 1.807) is 11.3 Å². The predicted octanol–water partition coefficient (Wildman–Crippen LogP) is 2.88. The van der Waals surface area contributed by atoms with Crippen LogP contribution in [-0.4, -0.2) is 12.6 Å². The Morgan fingerprint density at radius 2 is 2.36 bits per heavy atom. The minimum Gasteiger partial charge on any atom is -0.465 e. The Morgan fingerprint density at radius 1 is 1.57 bits per heavy atom. The summed E-state index contributed by atoms with van der Waals surface area (Å²) in [4.78, 5) is 12.3. The fourth-order valence-corrected chi connectivity index (χ4v) is 1.71. The molecule has 0 N–H and O–H groups in total. The Balaban J connectivity index is 2.17. The van der Waals surface area contributed by atoms with Crippen LogP contribution in [0.25, 0.3) is 0 Å². The highest BCUT2D eigenvalue weighted by Gasteiger charge is 2.05. The van der Waals surface area contributed by atoms with E-state index in [2.05, 4.69) is 13.8 Å². The van der Waals surface area contributed by atoms with Crippen LogP contribution in [0.15, 0.2) is 17.5 Å². The number of carbonyl (C=O) groups is 1. The molecule has 0 saturated heterocycles. The van der Waals surface area contributed by atoms with Crippen molar-refractivity contribution in [3.05, 3.63) is 22.4 Å². The van der Waals surface area contributed by atoms with Gasteiger partial charge in [0.05, 0.1) is 13.0 Å². The highest BCUT2D eigenvalue weighted by Crippen LogP contribution is 2.10. The third-order valence-electron chi connectivity index (χ3n) is 1.86. The van der Waals surface area contributed by atoms with Crippen molar-refractivity contribution in [3.63, 3.8) is 0 Å². The Hall–Kier alpha value is -0.830. The van der Waals surface area contributed by atoms with Crippen LogP contribution < -0.4 is 0 Å². The van der Waals surface area contributed by atoms with Crippen LogP contribution in [0.3, 0.4) is 0 Å². The zero-order chi connectivity index (χ0) is 10.4. The minimum atomic E-state index is -0.117. The number of hydrogen-bond acceptors (Lipinski definition) is 3. The van der Waals surface area contributed by atoms with Gasteiger partial charge < -0.3 is 4.74 Å². The monoisotopic (exact) mass is 212 g/mol. The summed E-state index contributed by atoms with van der Waals surface area (Å²) in [6.45, 7) is 4.78. The van der Waals surface area contributed by atoms with Crippen molar-refractivity contribution in [2.75, 3.05) is 6.61 Å². The van der Waals surface area contributed by atoms with E-state index in [0.717, 1.165) is 11.3 Å². The molecular formula is C11H16O2S. The molecule has 0 spiro atoms. The van der Waals surface area contributed by atoms with E-state index in [1.807, 2.05) is 17.5 Å².